The molecule has 4 nitrogen and oxygen atoms in total. The minimum absolute atomic E-state index is 0.170. The number of hydrogen-bond donors (Lipinski definition) is 2. The number of rotatable bonds is 6. The second kappa shape index (κ2) is 7.07. The Labute approximate surface area is 121 Å². The van der Waals surface area contributed by atoms with Crippen LogP contribution in [0.2, 0.25) is 0 Å². The molecule has 2 atom stereocenters. The van der Waals surface area contributed by atoms with Gasteiger partial charge in [-0.2, -0.15) is 0 Å². The maximum Gasteiger partial charge on any atom is 0.122 e. The Morgan fingerprint density at radius 1 is 1.40 bits per heavy atom. The molecule has 0 aliphatic carbocycles. The minimum atomic E-state index is 0.170. The highest BCUT2D eigenvalue weighted by Gasteiger charge is 2.20. The van der Waals surface area contributed by atoms with E-state index in [1.165, 1.54) is 24.0 Å². The van der Waals surface area contributed by atoms with Crippen molar-refractivity contribution in [1.82, 2.24) is 5.43 Å². The fourth-order valence-corrected chi connectivity index (χ4v) is 2.96. The Bertz CT molecular complexity index is 442. The molecule has 0 radical (unpaired) electrons. The van der Waals surface area contributed by atoms with Crippen molar-refractivity contribution in [3.63, 3.8) is 0 Å². The molecule has 112 valence electrons. The second-order valence-electron chi connectivity index (χ2n) is 5.61. The van der Waals surface area contributed by atoms with Gasteiger partial charge in [0.1, 0.15) is 5.75 Å². The van der Waals surface area contributed by atoms with Gasteiger partial charge in [0.15, 0.2) is 0 Å². The molecule has 2 unspecified atom stereocenters. The Kier molecular flexibility index (Phi) is 5.40. The van der Waals surface area contributed by atoms with Crippen molar-refractivity contribution in [3.05, 3.63) is 28.8 Å². The smallest absolute Gasteiger partial charge is 0.122 e. The Hall–Kier alpha value is -1.10. The first kappa shape index (κ1) is 15.3. The van der Waals surface area contributed by atoms with Crippen LogP contribution in [0.5, 0.6) is 5.75 Å². The molecule has 1 saturated heterocycles. The van der Waals surface area contributed by atoms with Gasteiger partial charge in [0.25, 0.3) is 0 Å². The minimum Gasteiger partial charge on any atom is -0.496 e. The molecule has 20 heavy (non-hydrogen) atoms. The first-order chi connectivity index (χ1) is 9.65. The van der Waals surface area contributed by atoms with Gasteiger partial charge in [-0.05, 0) is 62.3 Å². The van der Waals surface area contributed by atoms with Gasteiger partial charge in [-0.25, -0.2) is 0 Å². The van der Waals surface area contributed by atoms with Gasteiger partial charge in [0.05, 0.1) is 13.2 Å². The van der Waals surface area contributed by atoms with Crippen molar-refractivity contribution < 1.29 is 9.47 Å². The monoisotopic (exact) mass is 278 g/mol. The molecule has 1 heterocycles. The van der Waals surface area contributed by atoms with Crippen molar-refractivity contribution in [2.45, 2.75) is 51.7 Å². The largest absolute Gasteiger partial charge is 0.496 e. The molecule has 0 amide bonds. The van der Waals surface area contributed by atoms with Crippen molar-refractivity contribution in [3.8, 4) is 5.75 Å². The van der Waals surface area contributed by atoms with Gasteiger partial charge >= 0.3 is 0 Å². The van der Waals surface area contributed by atoms with E-state index in [1.807, 2.05) is 0 Å². The van der Waals surface area contributed by atoms with Crippen molar-refractivity contribution in [2.24, 2.45) is 5.84 Å². The van der Waals surface area contributed by atoms with Crippen LogP contribution >= 0.6 is 0 Å². The van der Waals surface area contributed by atoms with E-state index >= 15 is 0 Å². The lowest BCUT2D eigenvalue weighted by Crippen LogP contribution is -2.29. The second-order valence-corrected chi connectivity index (χ2v) is 5.61. The first-order valence-corrected chi connectivity index (χ1v) is 7.38. The molecule has 1 aromatic rings. The third kappa shape index (κ3) is 3.51. The summed E-state index contributed by atoms with van der Waals surface area (Å²) in [5.41, 5.74) is 6.56. The van der Waals surface area contributed by atoms with Crippen LogP contribution in [0.1, 0.15) is 48.4 Å². The van der Waals surface area contributed by atoms with Gasteiger partial charge < -0.3 is 9.47 Å². The van der Waals surface area contributed by atoms with Crippen LogP contribution < -0.4 is 16.0 Å². The molecular weight excluding hydrogens is 252 g/mol. The molecule has 1 aliphatic rings. The fraction of sp³-hybridized carbons (Fsp3) is 0.625. The molecule has 1 fully saturated rings. The van der Waals surface area contributed by atoms with E-state index in [1.54, 1.807) is 7.11 Å². The van der Waals surface area contributed by atoms with Crippen LogP contribution in [0.4, 0.5) is 0 Å². The number of nitrogens with one attached hydrogen (secondary N) is 1. The zero-order valence-corrected chi connectivity index (χ0v) is 12.7. The topological polar surface area (TPSA) is 56.5 Å². The van der Waals surface area contributed by atoms with E-state index in [9.17, 15) is 0 Å². The Morgan fingerprint density at radius 3 is 2.80 bits per heavy atom. The van der Waals surface area contributed by atoms with E-state index < -0.39 is 0 Å². The highest BCUT2D eigenvalue weighted by molar-refractivity contribution is 5.42. The van der Waals surface area contributed by atoms with E-state index in [0.29, 0.717) is 6.10 Å². The molecule has 3 N–H and O–H groups in total. The van der Waals surface area contributed by atoms with E-state index in [-0.39, 0.29) is 6.04 Å². The summed E-state index contributed by atoms with van der Waals surface area (Å²) in [5, 5.41) is 0. The predicted octanol–water partition coefficient (Wildman–Crippen LogP) is 2.78. The summed E-state index contributed by atoms with van der Waals surface area (Å²) in [7, 11) is 1.71. The summed E-state index contributed by atoms with van der Waals surface area (Å²) in [4.78, 5) is 0. The summed E-state index contributed by atoms with van der Waals surface area (Å²) >= 11 is 0. The molecule has 0 aromatic heterocycles. The van der Waals surface area contributed by atoms with Crippen LogP contribution in [0.3, 0.4) is 0 Å². The lowest BCUT2D eigenvalue weighted by atomic mass is 9.94. The van der Waals surface area contributed by atoms with Crippen molar-refractivity contribution in [2.75, 3.05) is 13.7 Å². The standard InChI is InChI=1S/C16H26N2O2/c1-11-10-16(19-3)12(2)9-14(11)15(18-17)7-6-13-5-4-8-20-13/h9-10,13,15,18H,4-8,17H2,1-3H3. The predicted molar refractivity (Wildman–Crippen MR) is 80.7 cm³/mol. The number of methoxy groups -OCH3 is 1. The molecule has 0 saturated carbocycles. The third-order valence-corrected chi connectivity index (χ3v) is 4.16. The Balaban J connectivity index is 2.07. The summed E-state index contributed by atoms with van der Waals surface area (Å²) in [6.07, 6.45) is 4.82. The fourth-order valence-electron chi connectivity index (χ4n) is 2.96. The molecule has 0 bridgehead atoms. The maximum absolute atomic E-state index is 5.76. The van der Waals surface area contributed by atoms with E-state index in [4.69, 9.17) is 15.3 Å². The zero-order chi connectivity index (χ0) is 14.5. The number of benzene rings is 1. The normalized spacial score (nSPS) is 20.1. The van der Waals surface area contributed by atoms with E-state index in [2.05, 4.69) is 31.4 Å². The number of nitrogens with two attached hydrogens (primary N) is 1. The van der Waals surface area contributed by atoms with Gasteiger partial charge in [0, 0.05) is 12.6 Å². The molecule has 4 heteroatoms. The molecule has 2 rings (SSSR count). The summed E-state index contributed by atoms with van der Waals surface area (Å²) < 4.78 is 11.0. The lowest BCUT2D eigenvalue weighted by Gasteiger charge is -2.21. The van der Waals surface area contributed by atoms with Crippen LogP contribution in [0.25, 0.3) is 0 Å². The van der Waals surface area contributed by atoms with Gasteiger partial charge in [-0.1, -0.05) is 6.07 Å². The highest BCUT2D eigenvalue weighted by atomic mass is 16.5. The highest BCUT2D eigenvalue weighted by Crippen LogP contribution is 2.30. The van der Waals surface area contributed by atoms with Gasteiger partial charge in [-0.3, -0.25) is 11.3 Å². The van der Waals surface area contributed by atoms with Gasteiger partial charge in [-0.15, -0.1) is 0 Å². The SMILES string of the molecule is COc1cc(C)c(C(CCC2CCCO2)NN)cc1C. The van der Waals surface area contributed by atoms with Crippen LogP contribution in [0, 0.1) is 13.8 Å². The molecule has 1 aromatic carbocycles. The van der Waals surface area contributed by atoms with Crippen LogP contribution in [-0.4, -0.2) is 19.8 Å². The number of hydrogen-bond acceptors (Lipinski definition) is 4. The average Bonchev–Trinajstić information content (AvgIpc) is 2.96. The Morgan fingerprint density at radius 2 is 2.20 bits per heavy atom. The van der Waals surface area contributed by atoms with Crippen molar-refractivity contribution >= 4 is 0 Å². The molecule has 0 spiro atoms. The molecule has 1 aliphatic heterocycles. The van der Waals surface area contributed by atoms with E-state index in [0.717, 1.165) is 30.8 Å². The summed E-state index contributed by atoms with van der Waals surface area (Å²) in [6, 6.07) is 4.43. The first-order valence-electron chi connectivity index (χ1n) is 7.38. The average molecular weight is 278 g/mol. The zero-order valence-electron chi connectivity index (χ0n) is 12.7. The quantitative estimate of drug-likeness (QED) is 0.620. The summed E-state index contributed by atoms with van der Waals surface area (Å²) in [5.74, 6) is 6.69. The third-order valence-electron chi connectivity index (χ3n) is 4.16. The lowest BCUT2D eigenvalue weighted by molar-refractivity contribution is 0.0996. The number of hydrazine groups is 1. The van der Waals surface area contributed by atoms with Gasteiger partial charge in [0.2, 0.25) is 0 Å². The number of aryl methyl sites for hydroxylation is 2. The summed E-state index contributed by atoms with van der Waals surface area (Å²) in [6.45, 7) is 5.08. The van der Waals surface area contributed by atoms with Crippen LogP contribution in [0.15, 0.2) is 12.1 Å². The maximum atomic E-state index is 5.76. The van der Waals surface area contributed by atoms with Crippen LogP contribution in [-0.2, 0) is 4.74 Å². The molecular formula is C16H26N2O2. The number of ether oxygens (including phenoxy) is 2. The van der Waals surface area contributed by atoms with Crippen molar-refractivity contribution in [1.29, 1.82) is 0 Å².